The topological polar surface area (TPSA) is 111 Å². The molecule has 0 fully saturated rings. The van der Waals surface area contributed by atoms with Crippen molar-refractivity contribution >= 4 is 19.8 Å². The van der Waals surface area contributed by atoms with Gasteiger partial charge in [0.2, 0.25) is 0 Å². The normalized spacial score (nSPS) is 13.6. The number of rotatable bonds is 44. The Labute approximate surface area is 352 Å². The summed E-state index contributed by atoms with van der Waals surface area (Å²) in [5.41, 5.74) is 0. The van der Waals surface area contributed by atoms with E-state index in [2.05, 4.69) is 26.0 Å². The van der Waals surface area contributed by atoms with Crippen LogP contribution in [0.5, 0.6) is 0 Å². The summed E-state index contributed by atoms with van der Waals surface area (Å²) >= 11 is 0. The maximum absolute atomic E-state index is 12.7. The van der Waals surface area contributed by atoms with Gasteiger partial charge in [-0.15, -0.1) is 0 Å². The largest absolute Gasteiger partial charge is 0.756 e. The van der Waals surface area contributed by atoms with Crippen LogP contribution in [0.15, 0.2) is 12.2 Å². The lowest BCUT2D eigenvalue weighted by Crippen LogP contribution is -2.37. The van der Waals surface area contributed by atoms with Gasteiger partial charge in [-0.2, -0.15) is 0 Å². The molecule has 9 nitrogen and oxygen atoms in total. The van der Waals surface area contributed by atoms with E-state index in [0.29, 0.717) is 17.4 Å². The molecule has 1 unspecified atom stereocenters. The lowest BCUT2D eigenvalue weighted by Gasteiger charge is -2.28. The van der Waals surface area contributed by atoms with Gasteiger partial charge in [-0.3, -0.25) is 14.2 Å². The number of phosphoric acid groups is 1. The Morgan fingerprint density at radius 2 is 0.912 bits per heavy atom. The van der Waals surface area contributed by atoms with E-state index in [1.54, 1.807) is 0 Å². The van der Waals surface area contributed by atoms with Crippen molar-refractivity contribution in [2.24, 2.45) is 0 Å². The number of likely N-dealkylation sites (N-methyl/N-ethyl adjacent to an activating group) is 1. The second-order valence-corrected chi connectivity index (χ2v) is 18.9. The highest BCUT2D eigenvalue weighted by atomic mass is 31.2. The maximum Gasteiger partial charge on any atom is 0.306 e. The van der Waals surface area contributed by atoms with Gasteiger partial charge < -0.3 is 27.9 Å². The molecule has 0 spiro atoms. The third-order valence-corrected chi connectivity index (χ3v) is 11.5. The molecule has 0 aliphatic heterocycles. The van der Waals surface area contributed by atoms with E-state index in [1.165, 1.54) is 135 Å². The number of nitrogens with zero attached hydrogens (tertiary/aromatic N) is 1. The van der Waals surface area contributed by atoms with Crippen LogP contribution in [-0.2, 0) is 32.7 Å². The second kappa shape index (κ2) is 40.2. The summed E-state index contributed by atoms with van der Waals surface area (Å²) in [5, 5.41) is 0. The van der Waals surface area contributed by atoms with Crippen LogP contribution in [0, 0.1) is 0 Å². The third-order valence-electron chi connectivity index (χ3n) is 10.5. The average molecular weight is 830 g/mol. The van der Waals surface area contributed by atoms with Gasteiger partial charge in [0.05, 0.1) is 27.7 Å². The highest BCUT2D eigenvalue weighted by molar-refractivity contribution is 7.45. The molecule has 0 radical (unpaired) electrons. The predicted molar refractivity (Wildman–Crippen MR) is 236 cm³/mol. The van der Waals surface area contributed by atoms with Crippen LogP contribution in [-0.4, -0.2) is 70.0 Å². The molecular formula is C47H92NO8P. The van der Waals surface area contributed by atoms with Gasteiger partial charge in [0, 0.05) is 12.8 Å². The number of hydrogen-bond donors (Lipinski definition) is 0. The van der Waals surface area contributed by atoms with Crippen molar-refractivity contribution in [3.63, 3.8) is 0 Å². The Kier molecular flexibility index (Phi) is 39.3. The smallest absolute Gasteiger partial charge is 0.306 e. The number of quaternary nitrogens is 1. The fourth-order valence-corrected chi connectivity index (χ4v) is 7.48. The first-order valence-electron chi connectivity index (χ1n) is 23.9. The Bertz CT molecular complexity index is 985. The summed E-state index contributed by atoms with van der Waals surface area (Å²) < 4.78 is 33.9. The third kappa shape index (κ3) is 44.1. The van der Waals surface area contributed by atoms with Crippen molar-refractivity contribution in [2.45, 2.75) is 232 Å². The van der Waals surface area contributed by atoms with Crippen LogP contribution >= 0.6 is 7.82 Å². The Morgan fingerprint density at radius 3 is 1.35 bits per heavy atom. The fourth-order valence-electron chi connectivity index (χ4n) is 6.75. The fraction of sp³-hybridized carbons (Fsp3) is 0.915. The molecule has 2 atom stereocenters. The Hall–Kier alpha value is -1.25. The molecule has 0 amide bonds. The molecule has 0 aliphatic rings. The van der Waals surface area contributed by atoms with Crippen molar-refractivity contribution in [1.29, 1.82) is 0 Å². The number of esters is 2. The molecule has 10 heteroatoms. The second-order valence-electron chi connectivity index (χ2n) is 17.5. The summed E-state index contributed by atoms with van der Waals surface area (Å²) in [6.45, 7) is 4.21. The van der Waals surface area contributed by atoms with Crippen LogP contribution in [0.2, 0.25) is 0 Å². The lowest BCUT2D eigenvalue weighted by atomic mass is 10.0. The lowest BCUT2D eigenvalue weighted by molar-refractivity contribution is -0.870. The molecule has 0 aliphatic carbocycles. The van der Waals surface area contributed by atoms with Gasteiger partial charge in [0.1, 0.15) is 19.8 Å². The van der Waals surface area contributed by atoms with Crippen LogP contribution in [0.3, 0.4) is 0 Å². The van der Waals surface area contributed by atoms with Crippen LogP contribution in [0.25, 0.3) is 0 Å². The molecule has 57 heavy (non-hydrogen) atoms. The van der Waals surface area contributed by atoms with Crippen molar-refractivity contribution in [1.82, 2.24) is 0 Å². The van der Waals surface area contributed by atoms with Gasteiger partial charge in [0.15, 0.2) is 6.10 Å². The molecule has 0 aromatic rings. The van der Waals surface area contributed by atoms with Gasteiger partial charge in [0.25, 0.3) is 7.82 Å². The van der Waals surface area contributed by atoms with E-state index in [9.17, 15) is 19.0 Å². The van der Waals surface area contributed by atoms with E-state index in [0.717, 1.165) is 57.8 Å². The number of allylic oxidation sites excluding steroid dienone is 2. The number of carbonyl (C=O) groups excluding carboxylic acids is 2. The minimum Gasteiger partial charge on any atom is -0.756 e. The number of carbonyl (C=O) groups is 2. The molecule has 0 rings (SSSR count). The Morgan fingerprint density at radius 1 is 0.526 bits per heavy atom. The van der Waals surface area contributed by atoms with Crippen molar-refractivity contribution < 1.29 is 42.1 Å². The maximum atomic E-state index is 12.7. The SMILES string of the molecule is CCCC/C=C/CCCCCCCC(=O)OC[C@H](COP(=O)([O-])OCC[N+](C)(C)C)OC(=O)CCCCCCCCCCCCCCCCCCCCCCCC. The quantitative estimate of drug-likeness (QED) is 0.0196. The Balaban J connectivity index is 4.18. The van der Waals surface area contributed by atoms with Gasteiger partial charge in [-0.1, -0.05) is 193 Å². The van der Waals surface area contributed by atoms with Gasteiger partial charge in [-0.05, 0) is 32.1 Å². The molecule has 0 saturated carbocycles. The van der Waals surface area contributed by atoms with Crippen molar-refractivity contribution in [3.8, 4) is 0 Å². The number of hydrogen-bond acceptors (Lipinski definition) is 8. The monoisotopic (exact) mass is 830 g/mol. The first-order chi connectivity index (χ1) is 27.5. The number of phosphoric ester groups is 1. The molecule has 0 N–H and O–H groups in total. The van der Waals surface area contributed by atoms with E-state index in [1.807, 2.05) is 21.1 Å². The van der Waals surface area contributed by atoms with E-state index in [-0.39, 0.29) is 32.0 Å². The van der Waals surface area contributed by atoms with Gasteiger partial charge in [-0.25, -0.2) is 0 Å². The van der Waals surface area contributed by atoms with E-state index < -0.39 is 26.5 Å². The molecule has 0 aromatic heterocycles. The minimum atomic E-state index is -4.62. The van der Waals surface area contributed by atoms with E-state index >= 15 is 0 Å². The highest BCUT2D eigenvalue weighted by Gasteiger charge is 2.21. The minimum absolute atomic E-state index is 0.0289. The number of unbranched alkanes of at least 4 members (excludes halogenated alkanes) is 28. The first-order valence-corrected chi connectivity index (χ1v) is 25.4. The zero-order valence-corrected chi connectivity index (χ0v) is 38.9. The average Bonchev–Trinajstić information content (AvgIpc) is 3.16. The summed E-state index contributed by atoms with van der Waals surface area (Å²) in [5.74, 6) is -0.835. The van der Waals surface area contributed by atoms with E-state index in [4.69, 9.17) is 18.5 Å². The molecule has 0 aromatic carbocycles. The molecule has 0 saturated heterocycles. The first kappa shape index (κ1) is 55.8. The van der Waals surface area contributed by atoms with Crippen molar-refractivity contribution in [2.75, 3.05) is 47.5 Å². The highest BCUT2D eigenvalue weighted by Crippen LogP contribution is 2.38. The van der Waals surface area contributed by atoms with Crippen molar-refractivity contribution in [3.05, 3.63) is 12.2 Å². The number of ether oxygens (including phenoxy) is 2. The zero-order valence-electron chi connectivity index (χ0n) is 38.1. The van der Waals surface area contributed by atoms with Crippen LogP contribution < -0.4 is 4.89 Å². The molecular weight excluding hydrogens is 737 g/mol. The molecule has 0 heterocycles. The summed E-state index contributed by atoms with van der Waals surface area (Å²) in [6.07, 6.45) is 42.5. The summed E-state index contributed by atoms with van der Waals surface area (Å²) in [6, 6.07) is 0. The molecule has 0 bridgehead atoms. The van der Waals surface area contributed by atoms with Crippen LogP contribution in [0.1, 0.15) is 226 Å². The predicted octanol–water partition coefficient (Wildman–Crippen LogP) is 13.1. The standard InChI is InChI=1S/C47H92NO8P/c1-6-8-10-12-14-16-18-19-20-21-22-23-24-25-26-27-28-30-32-34-36-38-40-47(50)56-45(44-55-57(51,52)54-42-41-48(3,4)5)43-53-46(49)39-37-35-33-31-29-17-15-13-11-9-7-2/h13,15,45H,6-12,14,16-44H2,1-5H3/b15-13+/t45-/m1/s1. The van der Waals surface area contributed by atoms with Crippen LogP contribution in [0.4, 0.5) is 0 Å². The summed E-state index contributed by atoms with van der Waals surface area (Å²) in [7, 11) is 1.17. The summed E-state index contributed by atoms with van der Waals surface area (Å²) in [4.78, 5) is 37.5. The van der Waals surface area contributed by atoms with Gasteiger partial charge >= 0.3 is 11.9 Å². The molecule has 338 valence electrons. The zero-order chi connectivity index (χ0) is 42.1.